The Bertz CT molecular complexity index is 1140. The highest BCUT2D eigenvalue weighted by Crippen LogP contribution is 2.37. The van der Waals surface area contributed by atoms with E-state index in [9.17, 15) is 4.79 Å². The Morgan fingerprint density at radius 2 is 1.44 bits per heavy atom. The average molecular weight is 568 g/mol. The maximum Gasteiger partial charge on any atom is 0.237 e. The van der Waals surface area contributed by atoms with E-state index in [1.165, 1.54) is 0 Å². The van der Waals surface area contributed by atoms with Crippen molar-refractivity contribution in [2.75, 3.05) is 64.8 Å². The monoisotopic (exact) mass is 566 g/mol. The van der Waals surface area contributed by atoms with Crippen LogP contribution < -0.4 is 10.2 Å². The lowest BCUT2D eigenvalue weighted by molar-refractivity contribution is -0.133. The van der Waals surface area contributed by atoms with Gasteiger partial charge in [0, 0.05) is 40.3 Å². The zero-order valence-corrected chi connectivity index (χ0v) is 24.6. The molecule has 0 aromatic heterocycles. The van der Waals surface area contributed by atoms with Crippen LogP contribution in [0.5, 0.6) is 0 Å². The highest BCUT2D eigenvalue weighted by Gasteiger charge is 2.42. The molecule has 4 rings (SSSR count). The Morgan fingerprint density at radius 3 is 2.03 bits per heavy atom. The van der Waals surface area contributed by atoms with E-state index in [1.807, 2.05) is 68.7 Å². The Labute approximate surface area is 243 Å². The topological polar surface area (TPSA) is 38.8 Å². The zero-order valence-electron chi connectivity index (χ0n) is 23.1. The summed E-state index contributed by atoms with van der Waals surface area (Å²) in [6.45, 7) is 6.77. The maximum atomic E-state index is 13.7. The molecular formula is C32H40Cl2N4O. The molecule has 5 nitrogen and oxygen atoms in total. The van der Waals surface area contributed by atoms with Crippen LogP contribution in [-0.4, -0.2) is 75.6 Å². The first kappa shape index (κ1) is 29.4. The molecule has 1 saturated heterocycles. The van der Waals surface area contributed by atoms with Gasteiger partial charge in [-0.2, -0.15) is 0 Å². The van der Waals surface area contributed by atoms with Gasteiger partial charge in [0.1, 0.15) is 5.41 Å². The summed E-state index contributed by atoms with van der Waals surface area (Å²) in [5.74, 6) is 0.111. The third-order valence-electron chi connectivity index (χ3n) is 7.70. The summed E-state index contributed by atoms with van der Waals surface area (Å²) in [6, 6.07) is 26.2. The van der Waals surface area contributed by atoms with Crippen molar-refractivity contribution >= 4 is 34.8 Å². The van der Waals surface area contributed by atoms with Crippen LogP contribution in [0.2, 0.25) is 10.0 Å². The van der Waals surface area contributed by atoms with Crippen LogP contribution in [-0.2, 0) is 10.2 Å². The first-order valence-electron chi connectivity index (χ1n) is 13.9. The Balaban J connectivity index is 1.26. The number of carbonyl (C=O) groups is 1. The number of halogens is 2. The third-order valence-corrected chi connectivity index (χ3v) is 8.51. The number of likely N-dealkylation sites (N-methyl/N-ethyl adjacent to an activating group) is 1. The van der Waals surface area contributed by atoms with E-state index in [1.54, 1.807) is 4.90 Å². The number of nitrogens with one attached hydrogen (secondary N) is 1. The van der Waals surface area contributed by atoms with Crippen molar-refractivity contribution in [3.63, 3.8) is 0 Å². The van der Waals surface area contributed by atoms with Gasteiger partial charge in [-0.3, -0.25) is 9.69 Å². The molecule has 1 fully saturated rings. The van der Waals surface area contributed by atoms with Gasteiger partial charge in [-0.25, -0.2) is 0 Å². The molecule has 7 heteroatoms. The number of hydrogen-bond acceptors (Lipinski definition) is 4. The van der Waals surface area contributed by atoms with Gasteiger partial charge in [-0.1, -0.05) is 89.9 Å². The van der Waals surface area contributed by atoms with Crippen LogP contribution >= 0.6 is 23.2 Å². The van der Waals surface area contributed by atoms with Gasteiger partial charge in [-0.15, -0.1) is 0 Å². The lowest BCUT2D eigenvalue weighted by Gasteiger charge is -2.36. The first-order chi connectivity index (χ1) is 18.9. The summed E-state index contributed by atoms with van der Waals surface area (Å²) in [7, 11) is 3.69. The largest absolute Gasteiger partial charge is 0.368 e. The van der Waals surface area contributed by atoms with Crippen molar-refractivity contribution in [3.05, 3.63) is 100 Å². The van der Waals surface area contributed by atoms with Crippen molar-refractivity contribution in [2.24, 2.45) is 0 Å². The van der Waals surface area contributed by atoms with Gasteiger partial charge in [0.15, 0.2) is 0 Å². The van der Waals surface area contributed by atoms with E-state index in [-0.39, 0.29) is 5.91 Å². The number of rotatable bonds is 12. The summed E-state index contributed by atoms with van der Waals surface area (Å²) in [5, 5.41) is 4.89. The van der Waals surface area contributed by atoms with Gasteiger partial charge >= 0.3 is 0 Å². The lowest BCUT2D eigenvalue weighted by atomic mass is 9.71. The minimum Gasteiger partial charge on any atom is -0.368 e. The standard InChI is InChI=1S/C32H40Cl2N4O/c1-36(2)31(39)32(26-12-5-3-6-13-26,27-14-7-4-8-15-27)18-20-35-19-9-10-21-37-22-24-38(25-23-37)29-17-11-16-28(33)30(29)34/h3-8,11-17,35H,9-10,18-25H2,1-2H3. The van der Waals surface area contributed by atoms with Crippen molar-refractivity contribution in [2.45, 2.75) is 24.7 Å². The second-order valence-corrected chi connectivity index (χ2v) is 11.2. The predicted molar refractivity (Wildman–Crippen MR) is 164 cm³/mol. The van der Waals surface area contributed by atoms with Gasteiger partial charge in [0.25, 0.3) is 0 Å². The number of anilines is 1. The van der Waals surface area contributed by atoms with Gasteiger partial charge in [0.2, 0.25) is 5.91 Å². The molecule has 0 spiro atoms. The fraction of sp³-hybridized carbons (Fsp3) is 0.406. The van der Waals surface area contributed by atoms with Crippen molar-refractivity contribution in [3.8, 4) is 0 Å². The first-order valence-corrected chi connectivity index (χ1v) is 14.6. The summed E-state index contributed by atoms with van der Waals surface area (Å²) in [4.78, 5) is 20.3. The van der Waals surface area contributed by atoms with E-state index >= 15 is 0 Å². The molecule has 3 aromatic carbocycles. The molecule has 0 bridgehead atoms. The molecule has 1 aliphatic rings. The van der Waals surface area contributed by atoms with Crippen LogP contribution in [0.15, 0.2) is 78.9 Å². The van der Waals surface area contributed by atoms with Crippen LogP contribution in [0.25, 0.3) is 0 Å². The predicted octanol–water partition coefficient (Wildman–Crippen LogP) is 5.95. The van der Waals surface area contributed by atoms with Crippen molar-refractivity contribution in [1.82, 2.24) is 15.1 Å². The molecule has 3 aromatic rings. The number of nitrogens with zero attached hydrogens (tertiary/aromatic N) is 3. The van der Waals surface area contributed by atoms with E-state index in [0.29, 0.717) is 16.5 Å². The highest BCUT2D eigenvalue weighted by atomic mass is 35.5. The molecule has 1 heterocycles. The average Bonchev–Trinajstić information content (AvgIpc) is 2.97. The van der Waals surface area contributed by atoms with Gasteiger partial charge < -0.3 is 15.1 Å². The highest BCUT2D eigenvalue weighted by molar-refractivity contribution is 6.43. The minimum absolute atomic E-state index is 0.111. The fourth-order valence-corrected chi connectivity index (χ4v) is 5.99. The number of benzene rings is 3. The Morgan fingerprint density at radius 1 is 0.821 bits per heavy atom. The molecule has 39 heavy (non-hydrogen) atoms. The van der Waals surface area contributed by atoms with E-state index in [0.717, 1.165) is 75.5 Å². The number of unbranched alkanes of at least 4 members (excludes halogenated alkanes) is 1. The van der Waals surface area contributed by atoms with Crippen LogP contribution in [0.1, 0.15) is 30.4 Å². The van der Waals surface area contributed by atoms with E-state index in [4.69, 9.17) is 23.2 Å². The van der Waals surface area contributed by atoms with Crippen LogP contribution in [0.3, 0.4) is 0 Å². The molecule has 0 atom stereocenters. The SMILES string of the molecule is CN(C)C(=O)C(CCNCCCCN1CCN(c2cccc(Cl)c2Cl)CC1)(c1ccccc1)c1ccccc1. The maximum absolute atomic E-state index is 13.7. The van der Waals surface area contributed by atoms with Crippen molar-refractivity contribution < 1.29 is 4.79 Å². The van der Waals surface area contributed by atoms with Gasteiger partial charge in [0.05, 0.1) is 15.7 Å². The molecule has 1 aliphatic heterocycles. The number of hydrogen-bond donors (Lipinski definition) is 1. The Hall–Kier alpha value is -2.57. The smallest absolute Gasteiger partial charge is 0.237 e. The number of piperazine rings is 1. The fourth-order valence-electron chi connectivity index (χ4n) is 5.57. The van der Waals surface area contributed by atoms with Gasteiger partial charge in [-0.05, 0) is 62.2 Å². The minimum atomic E-state index is -0.718. The second-order valence-electron chi connectivity index (χ2n) is 10.4. The molecule has 1 amide bonds. The molecule has 0 unspecified atom stereocenters. The summed E-state index contributed by atoms with van der Waals surface area (Å²) >= 11 is 12.6. The Kier molecular flexibility index (Phi) is 10.7. The van der Waals surface area contributed by atoms with E-state index < -0.39 is 5.41 Å². The third kappa shape index (κ3) is 7.15. The summed E-state index contributed by atoms with van der Waals surface area (Å²) in [6.07, 6.45) is 2.95. The normalized spacial score (nSPS) is 14.4. The van der Waals surface area contributed by atoms with Crippen LogP contribution in [0, 0.1) is 0 Å². The molecule has 0 radical (unpaired) electrons. The number of carbonyl (C=O) groups excluding carboxylic acids is 1. The zero-order chi connectivity index (χ0) is 27.7. The molecule has 208 valence electrons. The molecule has 0 aliphatic carbocycles. The second kappa shape index (κ2) is 14.2. The molecular weight excluding hydrogens is 527 g/mol. The van der Waals surface area contributed by atoms with Crippen molar-refractivity contribution in [1.29, 1.82) is 0 Å². The van der Waals surface area contributed by atoms with E-state index in [2.05, 4.69) is 39.4 Å². The number of amides is 1. The lowest BCUT2D eigenvalue weighted by Crippen LogP contribution is -2.47. The molecule has 1 N–H and O–H groups in total. The quantitative estimate of drug-likeness (QED) is 0.275. The van der Waals surface area contributed by atoms with Crippen LogP contribution in [0.4, 0.5) is 5.69 Å². The summed E-state index contributed by atoms with van der Waals surface area (Å²) < 4.78 is 0. The summed E-state index contributed by atoms with van der Waals surface area (Å²) in [5.41, 5.74) is 2.39. The molecule has 0 saturated carbocycles.